The lowest BCUT2D eigenvalue weighted by molar-refractivity contribution is 0.581. The Labute approximate surface area is 123 Å². The summed E-state index contributed by atoms with van der Waals surface area (Å²) in [6.45, 7) is 5.90. The van der Waals surface area contributed by atoms with Crippen molar-refractivity contribution in [2.45, 2.75) is 32.2 Å². The second-order valence-electron chi connectivity index (χ2n) is 4.78. The average Bonchev–Trinajstić information content (AvgIpc) is 2.77. The van der Waals surface area contributed by atoms with Crippen molar-refractivity contribution in [3.63, 3.8) is 0 Å². The van der Waals surface area contributed by atoms with Crippen LogP contribution in [-0.4, -0.2) is 8.42 Å². The second kappa shape index (κ2) is 5.55. The molecule has 0 aliphatic rings. The van der Waals surface area contributed by atoms with E-state index in [-0.39, 0.29) is 10.6 Å². The van der Waals surface area contributed by atoms with Crippen LogP contribution in [0.5, 0.6) is 0 Å². The minimum absolute atomic E-state index is 0.187. The van der Waals surface area contributed by atoms with Crippen LogP contribution in [0.2, 0.25) is 0 Å². The van der Waals surface area contributed by atoms with E-state index in [2.05, 4.69) is 4.72 Å². The number of hydrogen-bond acceptors (Lipinski definition) is 4. The SMILES string of the molecule is Cc1ccsc1CNS(=O)(=O)c1c(N)ccc(C)c1C. The Morgan fingerprint density at radius 1 is 1.15 bits per heavy atom. The summed E-state index contributed by atoms with van der Waals surface area (Å²) in [4.78, 5) is 1.20. The van der Waals surface area contributed by atoms with Crippen LogP contribution < -0.4 is 10.5 Å². The van der Waals surface area contributed by atoms with E-state index in [1.807, 2.05) is 31.4 Å². The number of aryl methyl sites for hydroxylation is 2. The summed E-state index contributed by atoms with van der Waals surface area (Å²) in [5.74, 6) is 0. The quantitative estimate of drug-likeness (QED) is 0.853. The molecule has 0 aliphatic heterocycles. The van der Waals surface area contributed by atoms with Crippen molar-refractivity contribution in [3.8, 4) is 0 Å². The highest BCUT2D eigenvalue weighted by atomic mass is 32.2. The largest absolute Gasteiger partial charge is 0.398 e. The van der Waals surface area contributed by atoms with E-state index in [1.165, 1.54) is 11.3 Å². The van der Waals surface area contributed by atoms with Crippen LogP contribution in [0.4, 0.5) is 5.69 Å². The minimum Gasteiger partial charge on any atom is -0.398 e. The van der Waals surface area contributed by atoms with Gasteiger partial charge in [0.2, 0.25) is 10.0 Å². The van der Waals surface area contributed by atoms with Crippen LogP contribution >= 0.6 is 11.3 Å². The summed E-state index contributed by atoms with van der Waals surface area (Å²) in [5, 5.41) is 1.95. The Morgan fingerprint density at radius 3 is 2.45 bits per heavy atom. The molecule has 0 atom stereocenters. The van der Waals surface area contributed by atoms with Crippen LogP contribution in [0, 0.1) is 20.8 Å². The fourth-order valence-electron chi connectivity index (χ4n) is 1.99. The van der Waals surface area contributed by atoms with Crippen molar-refractivity contribution >= 4 is 27.0 Å². The first kappa shape index (κ1) is 15.0. The first-order valence-electron chi connectivity index (χ1n) is 6.21. The predicted molar refractivity (Wildman–Crippen MR) is 83.4 cm³/mol. The van der Waals surface area contributed by atoms with Gasteiger partial charge in [0.1, 0.15) is 4.90 Å². The van der Waals surface area contributed by atoms with Gasteiger partial charge in [-0.25, -0.2) is 13.1 Å². The molecule has 2 rings (SSSR count). The molecule has 20 heavy (non-hydrogen) atoms. The Kier molecular flexibility index (Phi) is 4.17. The molecular weight excluding hydrogens is 292 g/mol. The molecule has 0 unspecified atom stereocenters. The van der Waals surface area contributed by atoms with Gasteiger partial charge in [-0.2, -0.15) is 0 Å². The average molecular weight is 310 g/mol. The van der Waals surface area contributed by atoms with Crippen molar-refractivity contribution in [2.24, 2.45) is 0 Å². The van der Waals surface area contributed by atoms with Gasteiger partial charge in [0.15, 0.2) is 0 Å². The number of thiophene rings is 1. The zero-order valence-corrected chi connectivity index (χ0v) is 13.4. The van der Waals surface area contributed by atoms with Gasteiger partial charge >= 0.3 is 0 Å². The van der Waals surface area contributed by atoms with Crippen molar-refractivity contribution in [3.05, 3.63) is 45.1 Å². The van der Waals surface area contributed by atoms with E-state index in [1.54, 1.807) is 13.0 Å². The van der Waals surface area contributed by atoms with Gasteiger partial charge in [-0.3, -0.25) is 0 Å². The van der Waals surface area contributed by atoms with Crippen LogP contribution in [0.1, 0.15) is 21.6 Å². The normalized spacial score (nSPS) is 11.8. The molecule has 3 N–H and O–H groups in total. The molecule has 108 valence electrons. The third-order valence-electron chi connectivity index (χ3n) is 3.37. The highest BCUT2D eigenvalue weighted by Gasteiger charge is 2.21. The van der Waals surface area contributed by atoms with Crippen molar-refractivity contribution in [2.75, 3.05) is 5.73 Å². The maximum atomic E-state index is 12.4. The van der Waals surface area contributed by atoms with E-state index < -0.39 is 10.0 Å². The molecule has 1 heterocycles. The Bertz CT molecular complexity index is 734. The number of sulfonamides is 1. The van der Waals surface area contributed by atoms with E-state index in [9.17, 15) is 8.42 Å². The van der Waals surface area contributed by atoms with Crippen LogP contribution in [-0.2, 0) is 16.6 Å². The van der Waals surface area contributed by atoms with Gasteiger partial charge in [0.25, 0.3) is 0 Å². The first-order chi connectivity index (χ1) is 9.33. The topological polar surface area (TPSA) is 72.2 Å². The number of hydrogen-bond donors (Lipinski definition) is 2. The molecule has 0 saturated carbocycles. The number of nitrogen functional groups attached to an aromatic ring is 1. The maximum absolute atomic E-state index is 12.4. The third-order valence-corrected chi connectivity index (χ3v) is 5.99. The van der Waals surface area contributed by atoms with E-state index in [0.29, 0.717) is 12.1 Å². The molecule has 4 nitrogen and oxygen atoms in total. The van der Waals surface area contributed by atoms with Crippen molar-refractivity contribution in [1.29, 1.82) is 0 Å². The summed E-state index contributed by atoms with van der Waals surface area (Å²) < 4.78 is 27.5. The lowest BCUT2D eigenvalue weighted by Gasteiger charge is -2.13. The fourth-order valence-corrected chi connectivity index (χ4v) is 4.34. The second-order valence-corrected chi connectivity index (χ2v) is 7.48. The molecule has 0 fully saturated rings. The first-order valence-corrected chi connectivity index (χ1v) is 8.57. The van der Waals surface area contributed by atoms with Crippen molar-refractivity contribution in [1.82, 2.24) is 4.72 Å². The third kappa shape index (κ3) is 2.87. The highest BCUT2D eigenvalue weighted by molar-refractivity contribution is 7.89. The smallest absolute Gasteiger partial charge is 0.243 e. The molecule has 1 aromatic heterocycles. The number of anilines is 1. The lowest BCUT2D eigenvalue weighted by atomic mass is 10.1. The fraction of sp³-hybridized carbons (Fsp3) is 0.286. The summed E-state index contributed by atoms with van der Waals surface area (Å²) in [6.07, 6.45) is 0. The van der Waals surface area contributed by atoms with Crippen LogP contribution in [0.3, 0.4) is 0 Å². The monoisotopic (exact) mass is 310 g/mol. The number of nitrogens with one attached hydrogen (secondary N) is 1. The summed E-state index contributed by atoms with van der Waals surface area (Å²) >= 11 is 1.54. The minimum atomic E-state index is -3.61. The summed E-state index contributed by atoms with van der Waals surface area (Å²) in [7, 11) is -3.61. The van der Waals surface area contributed by atoms with Crippen molar-refractivity contribution < 1.29 is 8.42 Å². The number of nitrogens with two attached hydrogens (primary N) is 1. The predicted octanol–water partition coefficient (Wildman–Crippen LogP) is 2.73. The molecule has 2 aromatic rings. The molecular formula is C14H18N2O2S2. The lowest BCUT2D eigenvalue weighted by Crippen LogP contribution is -2.25. The van der Waals surface area contributed by atoms with Crippen LogP contribution in [0.15, 0.2) is 28.5 Å². The van der Waals surface area contributed by atoms with E-state index in [4.69, 9.17) is 5.73 Å². The Balaban J connectivity index is 2.32. The maximum Gasteiger partial charge on any atom is 0.243 e. The van der Waals surface area contributed by atoms with Gasteiger partial charge in [0, 0.05) is 11.4 Å². The Morgan fingerprint density at radius 2 is 1.85 bits per heavy atom. The molecule has 0 amide bonds. The standard InChI is InChI=1S/C14H18N2O2S2/c1-9-4-5-12(15)14(11(9)3)20(17,18)16-8-13-10(2)6-7-19-13/h4-7,16H,8,15H2,1-3H3. The van der Waals surface area contributed by atoms with Gasteiger partial charge in [-0.15, -0.1) is 11.3 Å². The highest BCUT2D eigenvalue weighted by Crippen LogP contribution is 2.25. The number of benzene rings is 1. The van der Waals surface area contributed by atoms with Crippen LogP contribution in [0.25, 0.3) is 0 Å². The molecule has 6 heteroatoms. The molecule has 0 saturated heterocycles. The zero-order valence-electron chi connectivity index (χ0n) is 11.7. The number of rotatable bonds is 4. The molecule has 0 aliphatic carbocycles. The van der Waals surface area contributed by atoms with E-state index >= 15 is 0 Å². The van der Waals surface area contributed by atoms with E-state index in [0.717, 1.165) is 16.0 Å². The van der Waals surface area contributed by atoms with Gasteiger partial charge in [-0.1, -0.05) is 6.07 Å². The van der Waals surface area contributed by atoms with Gasteiger partial charge in [-0.05, 0) is 55.0 Å². The Hall–Kier alpha value is -1.37. The molecule has 0 spiro atoms. The zero-order chi connectivity index (χ0) is 14.9. The summed E-state index contributed by atoms with van der Waals surface area (Å²) in [5.41, 5.74) is 8.81. The molecule has 0 radical (unpaired) electrons. The molecule has 1 aromatic carbocycles. The molecule has 0 bridgehead atoms. The summed E-state index contributed by atoms with van der Waals surface area (Å²) in [6, 6.07) is 5.43. The van der Waals surface area contributed by atoms with Gasteiger partial charge in [0.05, 0.1) is 5.69 Å². The van der Waals surface area contributed by atoms with Gasteiger partial charge < -0.3 is 5.73 Å².